The summed E-state index contributed by atoms with van der Waals surface area (Å²) in [5.41, 5.74) is 6.43. The molecule has 0 bridgehead atoms. The molecule has 6 nitrogen and oxygen atoms in total. The molecule has 0 radical (unpaired) electrons. The van der Waals surface area contributed by atoms with Crippen LogP contribution in [0.4, 0.5) is 5.69 Å². The fraction of sp³-hybridized carbons (Fsp3) is 0.316. The van der Waals surface area contributed by atoms with Crippen molar-refractivity contribution < 1.29 is 13.2 Å². The number of hydrogen-bond donors (Lipinski definition) is 2. The summed E-state index contributed by atoms with van der Waals surface area (Å²) in [7, 11) is -1.92. The molecule has 1 amide bonds. The highest BCUT2D eigenvalue weighted by Gasteiger charge is 2.22. The summed E-state index contributed by atoms with van der Waals surface area (Å²) in [6.07, 6.45) is 0. The molecule has 3 N–H and O–H groups in total. The molecular formula is C19H25N3O3S. The van der Waals surface area contributed by atoms with Gasteiger partial charge in [-0.25, -0.2) is 8.42 Å². The van der Waals surface area contributed by atoms with Crippen LogP contribution in [-0.4, -0.2) is 39.4 Å². The molecule has 0 saturated heterocycles. The summed E-state index contributed by atoms with van der Waals surface area (Å²) in [5, 5.41) is 0. The largest absolute Gasteiger partial charge is 0.341 e. The number of nitrogens with one attached hydrogen (secondary N) is 1. The first kappa shape index (κ1) is 19.9. The molecule has 140 valence electrons. The van der Waals surface area contributed by atoms with Gasteiger partial charge in [-0.2, -0.15) is 0 Å². The van der Waals surface area contributed by atoms with E-state index in [-0.39, 0.29) is 16.2 Å². The van der Waals surface area contributed by atoms with E-state index in [0.29, 0.717) is 24.3 Å². The fourth-order valence-corrected chi connectivity index (χ4v) is 3.57. The summed E-state index contributed by atoms with van der Waals surface area (Å²) in [5.74, 6) is -0.135. The van der Waals surface area contributed by atoms with Crippen LogP contribution in [0.25, 0.3) is 0 Å². The van der Waals surface area contributed by atoms with E-state index < -0.39 is 10.0 Å². The maximum Gasteiger partial charge on any atom is 0.261 e. The average Bonchev–Trinajstić information content (AvgIpc) is 2.62. The van der Waals surface area contributed by atoms with Crippen molar-refractivity contribution in [2.45, 2.75) is 18.7 Å². The highest BCUT2D eigenvalue weighted by Crippen LogP contribution is 2.19. The fourth-order valence-electron chi connectivity index (χ4n) is 2.49. The Morgan fingerprint density at radius 1 is 1.08 bits per heavy atom. The van der Waals surface area contributed by atoms with E-state index in [0.717, 1.165) is 0 Å². The van der Waals surface area contributed by atoms with Crippen molar-refractivity contribution in [1.82, 2.24) is 4.90 Å². The zero-order valence-electron chi connectivity index (χ0n) is 15.3. The van der Waals surface area contributed by atoms with E-state index in [9.17, 15) is 13.2 Å². The Labute approximate surface area is 155 Å². The maximum absolute atomic E-state index is 12.5. The molecule has 0 spiro atoms. The number of sulfonamides is 1. The van der Waals surface area contributed by atoms with Gasteiger partial charge in [-0.1, -0.05) is 32.0 Å². The predicted molar refractivity (Wildman–Crippen MR) is 103 cm³/mol. The van der Waals surface area contributed by atoms with Crippen molar-refractivity contribution in [3.05, 3.63) is 60.2 Å². The quantitative estimate of drug-likeness (QED) is 0.778. The second-order valence-corrected chi connectivity index (χ2v) is 8.71. The Hall–Kier alpha value is -2.38. The number of carbonyl (C=O) groups is 1. The van der Waals surface area contributed by atoms with E-state index in [1.165, 1.54) is 12.1 Å². The summed E-state index contributed by atoms with van der Waals surface area (Å²) >= 11 is 0. The Morgan fingerprint density at radius 3 is 2.19 bits per heavy atom. The van der Waals surface area contributed by atoms with Gasteiger partial charge in [0.05, 0.1) is 4.90 Å². The highest BCUT2D eigenvalue weighted by atomic mass is 32.2. The number of hydrogen-bond acceptors (Lipinski definition) is 4. The topological polar surface area (TPSA) is 92.5 Å². The van der Waals surface area contributed by atoms with E-state index in [2.05, 4.69) is 4.72 Å². The van der Waals surface area contributed by atoms with E-state index >= 15 is 0 Å². The number of nitrogens with zero attached hydrogens (tertiary/aromatic N) is 1. The van der Waals surface area contributed by atoms with Gasteiger partial charge >= 0.3 is 0 Å². The third-order valence-electron chi connectivity index (χ3n) is 4.00. The van der Waals surface area contributed by atoms with Crippen molar-refractivity contribution in [1.29, 1.82) is 0 Å². The molecule has 0 aliphatic heterocycles. The van der Waals surface area contributed by atoms with Gasteiger partial charge in [-0.15, -0.1) is 0 Å². The van der Waals surface area contributed by atoms with Gasteiger partial charge in [-0.3, -0.25) is 9.52 Å². The first-order valence-electron chi connectivity index (χ1n) is 8.28. The predicted octanol–water partition coefficient (Wildman–Crippen LogP) is 2.54. The van der Waals surface area contributed by atoms with Crippen molar-refractivity contribution in [2.24, 2.45) is 11.1 Å². The molecule has 26 heavy (non-hydrogen) atoms. The molecule has 0 atom stereocenters. The Balaban J connectivity index is 2.10. The minimum Gasteiger partial charge on any atom is -0.341 e. The van der Waals surface area contributed by atoms with Crippen LogP contribution >= 0.6 is 0 Å². The Kier molecular flexibility index (Phi) is 6.05. The standard InChI is InChI=1S/C19H25N3O3S/c1-19(2,13-20)14-22(3)18(23)15-9-11-16(12-10-15)21-26(24,25)17-7-5-4-6-8-17/h4-12,21H,13-14,20H2,1-3H3. The molecule has 0 saturated carbocycles. The van der Waals surface area contributed by atoms with E-state index in [1.54, 1.807) is 54.4 Å². The first-order valence-corrected chi connectivity index (χ1v) is 9.76. The van der Waals surface area contributed by atoms with Gasteiger partial charge in [0, 0.05) is 24.8 Å². The molecule has 0 unspecified atom stereocenters. The van der Waals surface area contributed by atoms with Gasteiger partial charge in [0.25, 0.3) is 15.9 Å². The highest BCUT2D eigenvalue weighted by molar-refractivity contribution is 7.92. The zero-order valence-corrected chi connectivity index (χ0v) is 16.1. The summed E-state index contributed by atoms with van der Waals surface area (Å²) in [6.45, 7) is 5.01. The minimum atomic E-state index is -3.65. The third kappa shape index (κ3) is 5.06. The number of nitrogens with two attached hydrogens (primary N) is 1. The lowest BCUT2D eigenvalue weighted by molar-refractivity contribution is 0.0740. The Morgan fingerprint density at radius 2 is 1.65 bits per heavy atom. The lowest BCUT2D eigenvalue weighted by Gasteiger charge is -2.29. The van der Waals surface area contributed by atoms with Crippen molar-refractivity contribution in [3.63, 3.8) is 0 Å². The van der Waals surface area contributed by atoms with Gasteiger partial charge in [0.15, 0.2) is 0 Å². The van der Waals surface area contributed by atoms with Gasteiger partial charge < -0.3 is 10.6 Å². The zero-order chi connectivity index (χ0) is 19.4. The second-order valence-electron chi connectivity index (χ2n) is 7.03. The molecule has 0 aliphatic carbocycles. The lowest BCUT2D eigenvalue weighted by atomic mass is 9.93. The van der Waals surface area contributed by atoms with Crippen LogP contribution in [0.1, 0.15) is 24.2 Å². The molecule has 2 aromatic carbocycles. The van der Waals surface area contributed by atoms with Crippen LogP contribution in [-0.2, 0) is 10.0 Å². The summed E-state index contributed by atoms with van der Waals surface area (Å²) in [6, 6.07) is 14.5. The first-order chi connectivity index (χ1) is 12.1. The normalized spacial score (nSPS) is 11.8. The van der Waals surface area contributed by atoms with Gasteiger partial charge in [0.2, 0.25) is 0 Å². The van der Waals surface area contributed by atoms with Crippen molar-refractivity contribution in [2.75, 3.05) is 24.9 Å². The molecule has 2 rings (SSSR count). The smallest absolute Gasteiger partial charge is 0.261 e. The van der Waals surface area contributed by atoms with Gasteiger partial charge in [-0.05, 0) is 48.4 Å². The molecular weight excluding hydrogens is 350 g/mol. The SMILES string of the molecule is CN(CC(C)(C)CN)C(=O)c1ccc(NS(=O)(=O)c2ccccc2)cc1. The van der Waals surface area contributed by atoms with E-state index in [4.69, 9.17) is 5.73 Å². The molecule has 7 heteroatoms. The monoisotopic (exact) mass is 375 g/mol. The number of anilines is 1. The third-order valence-corrected chi connectivity index (χ3v) is 5.40. The summed E-state index contributed by atoms with van der Waals surface area (Å²) in [4.78, 5) is 14.3. The molecule has 2 aromatic rings. The van der Waals surface area contributed by atoms with Crippen LogP contribution in [0, 0.1) is 5.41 Å². The number of carbonyl (C=O) groups excluding carboxylic acids is 1. The van der Waals surface area contributed by atoms with Crippen molar-refractivity contribution in [3.8, 4) is 0 Å². The number of rotatable bonds is 7. The molecule has 0 fully saturated rings. The maximum atomic E-state index is 12.5. The Bertz CT molecular complexity index is 847. The van der Waals surface area contributed by atoms with Crippen LogP contribution < -0.4 is 10.5 Å². The van der Waals surface area contributed by atoms with Crippen molar-refractivity contribution >= 4 is 21.6 Å². The molecule has 0 heterocycles. The minimum absolute atomic E-state index is 0.135. The number of benzene rings is 2. The molecule has 0 aliphatic rings. The average molecular weight is 375 g/mol. The van der Waals surface area contributed by atoms with Crippen LogP contribution in [0.3, 0.4) is 0 Å². The van der Waals surface area contributed by atoms with E-state index in [1.807, 2.05) is 13.8 Å². The van der Waals surface area contributed by atoms with Crippen LogP contribution in [0.2, 0.25) is 0 Å². The summed E-state index contributed by atoms with van der Waals surface area (Å²) < 4.78 is 27.1. The number of amides is 1. The second kappa shape index (κ2) is 7.88. The van der Waals surface area contributed by atoms with Gasteiger partial charge in [0.1, 0.15) is 0 Å². The lowest BCUT2D eigenvalue weighted by Crippen LogP contribution is -2.39. The van der Waals surface area contributed by atoms with Crippen LogP contribution in [0.5, 0.6) is 0 Å². The molecule has 0 aromatic heterocycles. The van der Waals surface area contributed by atoms with Crippen LogP contribution in [0.15, 0.2) is 59.5 Å².